The van der Waals surface area contributed by atoms with Crippen LogP contribution in [0.15, 0.2) is 42.6 Å². The predicted molar refractivity (Wildman–Crippen MR) is 160 cm³/mol. The Labute approximate surface area is 269 Å². The summed E-state index contributed by atoms with van der Waals surface area (Å²) in [6, 6.07) is 8.53. The molecule has 0 radical (unpaired) electrons. The Balaban J connectivity index is 1.05. The van der Waals surface area contributed by atoms with Gasteiger partial charge in [0, 0.05) is 49.4 Å². The molecule has 2 fully saturated rings. The van der Waals surface area contributed by atoms with Crippen LogP contribution in [0.4, 0.5) is 27.8 Å². The van der Waals surface area contributed by atoms with E-state index in [2.05, 4.69) is 25.0 Å². The Morgan fingerprint density at radius 1 is 1.00 bits per heavy atom. The van der Waals surface area contributed by atoms with Crippen LogP contribution in [0.1, 0.15) is 23.6 Å². The molecule has 1 N–H and O–H groups in total. The number of ether oxygens (including phenoxy) is 2. The summed E-state index contributed by atoms with van der Waals surface area (Å²) in [6.45, 7) is 3.71. The van der Waals surface area contributed by atoms with Crippen molar-refractivity contribution in [3.05, 3.63) is 76.5 Å². The third-order valence-electron chi connectivity index (χ3n) is 8.11. The van der Waals surface area contributed by atoms with Gasteiger partial charge in [-0.1, -0.05) is 17.7 Å². The molecule has 2 aliphatic rings. The molecule has 246 valence electrons. The number of hydrogen-bond acceptors (Lipinski definition) is 9. The summed E-state index contributed by atoms with van der Waals surface area (Å²) in [7, 11) is 0. The molecule has 11 nitrogen and oxygen atoms in total. The summed E-state index contributed by atoms with van der Waals surface area (Å²) in [6.07, 6.45) is -2.18. The van der Waals surface area contributed by atoms with Gasteiger partial charge in [-0.3, -0.25) is 15.0 Å². The monoisotopic (exact) mass is 675 g/mol. The molecule has 2 saturated heterocycles. The molecule has 0 bridgehead atoms. The van der Waals surface area contributed by atoms with Gasteiger partial charge in [-0.2, -0.15) is 23.3 Å². The molecule has 7 rings (SSSR count). The summed E-state index contributed by atoms with van der Waals surface area (Å²) in [5.41, 5.74) is 1.72. The molecule has 0 amide bonds. The molecule has 0 saturated carbocycles. The van der Waals surface area contributed by atoms with Gasteiger partial charge in [-0.15, -0.1) is 0 Å². The highest BCUT2D eigenvalue weighted by molar-refractivity contribution is 6.30. The molecule has 0 spiro atoms. The number of rotatable bonds is 9. The fraction of sp³-hybridized carbons (Fsp3) is 0.367. The number of H-pyrrole nitrogens is 1. The number of hydrogen-bond donors (Lipinski definition) is 1. The van der Waals surface area contributed by atoms with E-state index in [4.69, 9.17) is 26.1 Å². The molecule has 17 heteroatoms. The highest BCUT2D eigenvalue weighted by Gasteiger charge is 2.35. The standard InChI is InChI=1S/C30H27ClF5N9O2/c31-18-2-1-17(21(33)11-18)16-47-26-4-3-20(32)28(39-26)44-8-6-43(7-9-44)15-25-38-22-12-23(27-40-29(42-41-27)30(34,35)36)37-13-24(22)45(25)14-19-5-10-46-19/h1-4,11-13,19H,5-10,14-16H2,(H,40,41,42)/t19-/m0/s1. The van der Waals surface area contributed by atoms with Gasteiger partial charge in [0.15, 0.2) is 17.5 Å². The largest absolute Gasteiger partial charge is 0.473 e. The SMILES string of the molecule is Fc1cc(Cl)ccc1COc1ccc(F)c(N2CCN(Cc3nc4cc(-c5n[nH]c(C(F)(F)F)n5)ncc4n3C[C@@H]3CCO3)CC2)n1. The third kappa shape index (κ3) is 6.71. The lowest BCUT2D eigenvalue weighted by atomic mass is 10.2. The van der Waals surface area contributed by atoms with Crippen molar-refractivity contribution >= 4 is 28.5 Å². The van der Waals surface area contributed by atoms with Crippen LogP contribution in [0.3, 0.4) is 0 Å². The number of benzene rings is 1. The van der Waals surface area contributed by atoms with Gasteiger partial charge in [-0.05, 0) is 30.7 Å². The van der Waals surface area contributed by atoms with E-state index in [9.17, 15) is 22.0 Å². The van der Waals surface area contributed by atoms with Crippen LogP contribution < -0.4 is 9.64 Å². The number of pyridine rings is 2. The van der Waals surface area contributed by atoms with Crippen molar-refractivity contribution in [2.75, 3.05) is 37.7 Å². The minimum absolute atomic E-state index is 0.0183. The van der Waals surface area contributed by atoms with E-state index in [1.807, 2.05) is 14.6 Å². The van der Waals surface area contributed by atoms with Crippen molar-refractivity contribution < 1.29 is 31.4 Å². The predicted octanol–water partition coefficient (Wildman–Crippen LogP) is 5.25. The maximum atomic E-state index is 14.9. The van der Waals surface area contributed by atoms with Gasteiger partial charge in [0.05, 0.1) is 36.4 Å². The van der Waals surface area contributed by atoms with Crippen LogP contribution in [0.5, 0.6) is 5.88 Å². The molecule has 4 aromatic heterocycles. The van der Waals surface area contributed by atoms with E-state index in [1.165, 1.54) is 24.3 Å². The van der Waals surface area contributed by atoms with E-state index in [-0.39, 0.29) is 40.9 Å². The van der Waals surface area contributed by atoms with Crippen LogP contribution in [-0.2, 0) is 30.6 Å². The van der Waals surface area contributed by atoms with E-state index >= 15 is 0 Å². The molecular weight excluding hydrogens is 649 g/mol. The molecule has 1 aromatic carbocycles. The van der Waals surface area contributed by atoms with E-state index < -0.39 is 23.6 Å². The van der Waals surface area contributed by atoms with Crippen molar-refractivity contribution in [2.24, 2.45) is 0 Å². The smallest absolute Gasteiger partial charge is 0.451 e. The lowest BCUT2D eigenvalue weighted by molar-refractivity contribution is -0.144. The average Bonchev–Trinajstić information content (AvgIpc) is 3.65. The summed E-state index contributed by atoms with van der Waals surface area (Å²) in [4.78, 5) is 21.1. The molecule has 47 heavy (non-hydrogen) atoms. The molecule has 0 unspecified atom stereocenters. The summed E-state index contributed by atoms with van der Waals surface area (Å²) in [5, 5.41) is 5.87. The van der Waals surface area contributed by atoms with Crippen LogP contribution >= 0.6 is 11.6 Å². The number of fused-ring (bicyclic) bond motifs is 1. The number of nitrogens with one attached hydrogen (secondary N) is 1. The van der Waals surface area contributed by atoms with E-state index in [0.717, 1.165) is 12.2 Å². The van der Waals surface area contributed by atoms with Crippen LogP contribution in [0.25, 0.3) is 22.6 Å². The molecule has 1 atom stereocenters. The second-order valence-corrected chi connectivity index (χ2v) is 11.7. The Hall–Kier alpha value is -4.41. The topological polar surface area (TPSA) is 110 Å². The first-order chi connectivity index (χ1) is 22.6. The van der Waals surface area contributed by atoms with Crippen LogP contribution in [0, 0.1) is 11.6 Å². The Morgan fingerprint density at radius 3 is 2.51 bits per heavy atom. The summed E-state index contributed by atoms with van der Waals surface area (Å²) >= 11 is 5.82. The first-order valence-corrected chi connectivity index (χ1v) is 15.2. The number of imidazole rings is 1. The number of anilines is 1. The van der Waals surface area contributed by atoms with Crippen molar-refractivity contribution in [3.63, 3.8) is 0 Å². The number of aromatic nitrogens is 7. The highest BCUT2D eigenvalue weighted by atomic mass is 35.5. The second-order valence-electron chi connectivity index (χ2n) is 11.2. The zero-order valence-corrected chi connectivity index (χ0v) is 25.4. The van der Waals surface area contributed by atoms with Crippen molar-refractivity contribution in [1.82, 2.24) is 39.6 Å². The van der Waals surface area contributed by atoms with Crippen molar-refractivity contribution in [1.29, 1.82) is 0 Å². The van der Waals surface area contributed by atoms with Gasteiger partial charge < -0.3 is 18.9 Å². The number of aromatic amines is 1. The van der Waals surface area contributed by atoms with Crippen LogP contribution in [-0.4, -0.2) is 78.5 Å². The van der Waals surface area contributed by atoms with Gasteiger partial charge in [0.1, 0.15) is 23.9 Å². The van der Waals surface area contributed by atoms with E-state index in [1.54, 1.807) is 18.3 Å². The summed E-state index contributed by atoms with van der Waals surface area (Å²) in [5.74, 6) is -1.34. The summed E-state index contributed by atoms with van der Waals surface area (Å²) < 4.78 is 81.5. The second kappa shape index (κ2) is 12.7. The van der Waals surface area contributed by atoms with Gasteiger partial charge in [-0.25, -0.2) is 18.7 Å². The van der Waals surface area contributed by atoms with Crippen LogP contribution in [0.2, 0.25) is 5.02 Å². The maximum absolute atomic E-state index is 14.9. The number of alkyl halides is 3. The van der Waals surface area contributed by atoms with Gasteiger partial charge in [0.2, 0.25) is 11.7 Å². The third-order valence-corrected chi connectivity index (χ3v) is 8.34. The minimum Gasteiger partial charge on any atom is -0.473 e. The Morgan fingerprint density at radius 2 is 1.81 bits per heavy atom. The molecule has 2 aliphatic heterocycles. The lowest BCUT2D eigenvalue weighted by Crippen LogP contribution is -2.47. The Kier molecular flexibility index (Phi) is 8.40. The zero-order chi connectivity index (χ0) is 32.7. The molecule has 5 aromatic rings. The van der Waals surface area contributed by atoms with Gasteiger partial charge >= 0.3 is 6.18 Å². The highest BCUT2D eigenvalue weighted by Crippen LogP contribution is 2.29. The average molecular weight is 676 g/mol. The van der Waals surface area contributed by atoms with Gasteiger partial charge in [0.25, 0.3) is 0 Å². The van der Waals surface area contributed by atoms with E-state index in [0.29, 0.717) is 62.5 Å². The van der Waals surface area contributed by atoms with Crippen molar-refractivity contribution in [2.45, 2.75) is 38.4 Å². The minimum atomic E-state index is -4.66. The number of halogens is 6. The quantitative estimate of drug-likeness (QED) is 0.210. The normalized spacial score (nSPS) is 17.3. The first kappa shape index (κ1) is 31.2. The molecule has 0 aliphatic carbocycles. The first-order valence-electron chi connectivity index (χ1n) is 14.8. The number of piperazine rings is 1. The fourth-order valence-corrected chi connectivity index (χ4v) is 5.64. The van der Waals surface area contributed by atoms with Crippen molar-refractivity contribution in [3.8, 4) is 17.4 Å². The maximum Gasteiger partial charge on any atom is 0.451 e. The zero-order valence-electron chi connectivity index (χ0n) is 24.6. The molecular formula is C30H27ClF5N9O2. The fourth-order valence-electron chi connectivity index (χ4n) is 5.48. The molecule has 6 heterocycles. The number of nitrogens with zero attached hydrogens (tertiary/aromatic N) is 8. The lowest BCUT2D eigenvalue weighted by Gasteiger charge is -2.35. The Bertz CT molecular complexity index is 1900.